The van der Waals surface area contributed by atoms with Gasteiger partial charge in [0, 0.05) is 53.0 Å². The molecule has 15 rings (SSSR count). The third-order valence-corrected chi connectivity index (χ3v) is 26.2. The van der Waals surface area contributed by atoms with Gasteiger partial charge in [0.1, 0.15) is 47.6 Å². The molecule has 107 heavy (non-hydrogen) atoms. The van der Waals surface area contributed by atoms with Gasteiger partial charge in [0.2, 0.25) is 0 Å². The van der Waals surface area contributed by atoms with Crippen LogP contribution in [0.2, 0.25) is 0 Å². The number of nitrogens with one attached hydrogen (secondary N) is 2. The Kier molecular flexibility index (Phi) is 31.0. The van der Waals surface area contributed by atoms with Crippen LogP contribution in [0.3, 0.4) is 0 Å². The van der Waals surface area contributed by atoms with Crippen LogP contribution < -0.4 is 34.6 Å². The minimum Gasteiger partial charge on any atom is -1.00 e. The highest BCUT2D eigenvalue weighted by Crippen LogP contribution is 2.65. The predicted octanol–water partition coefficient (Wildman–Crippen LogP) is 7.84. The minimum atomic E-state index is -1.42. The Morgan fingerprint density at radius 2 is 1.03 bits per heavy atom. The van der Waals surface area contributed by atoms with E-state index in [0.29, 0.717) is 66.1 Å². The number of ether oxygens (including phenoxy) is 8. The standard InChI is InChI=1S/C18H23NO4S.C13H19NO4.C12H19NO4.C12H17NO4.C10H15NO2.C9H15NO2.C3H9OS.HI/c1-22-16(20)18(24-14-9-4-3-5-10-14)12-13-8-6-7-11-15(13)19(18)17(21)23-2;1-17-11(15)13-7-9(13)8-5-3-4-6-10(8)14(13)12(16)18-2;2*1-16-11(14)10-7-8-5-3-4-6-9(8)13(10)12(15)17-2;12-9(13)10-5-7(10)6-3-1-2-4-8(6)11-10;11-9(12)8-5-6-3-1-2-4-7(6)10-8;1-5(2,3)4;/h3-5,9-10,13,15H,6-8,11-12H2,1-2H3;8-10H,3-7H2,1-2H3;8-10H,3-7H2,1-2H3;7-9H,3-6H2,1-2H3;6-8,11H,1-5H2,(H,12,13);6-8,10H,1-5H2,(H,11,12);1-3H3;1H/q;;;;;;+1;/p-1/t13-,15-,18?;8-,9?,10-,13?;8-,9-,10-;8-,9-;6-,7-,8-,10-;6-,7-,8-;;/m000000../s1. The van der Waals surface area contributed by atoms with Gasteiger partial charge >= 0.3 is 60.2 Å². The molecule has 600 valence electrons. The number of halogens is 1. The van der Waals surface area contributed by atoms with Crippen LogP contribution in [0.15, 0.2) is 47.0 Å². The summed E-state index contributed by atoms with van der Waals surface area (Å²) in [5.41, 5.74) is -0.863. The molecule has 6 aliphatic heterocycles. The van der Waals surface area contributed by atoms with Gasteiger partial charge in [0.15, 0.2) is 4.87 Å². The fourth-order valence-corrected chi connectivity index (χ4v) is 21.5. The molecule has 14 aliphatic rings. The Bertz CT molecular complexity index is 3350. The fourth-order valence-electron chi connectivity index (χ4n) is 20.1. The first-order valence-electron chi connectivity index (χ1n) is 38.3. The van der Waals surface area contributed by atoms with E-state index in [1.165, 1.54) is 138 Å². The van der Waals surface area contributed by atoms with Crippen LogP contribution in [0.25, 0.3) is 0 Å². The largest absolute Gasteiger partial charge is 1.00 e. The molecule has 6 heterocycles. The highest BCUT2D eigenvalue weighted by atomic mass is 127. The van der Waals surface area contributed by atoms with Gasteiger partial charge in [0.25, 0.3) is 0 Å². The first-order chi connectivity index (χ1) is 50.7. The number of rotatable bonds is 8. The fraction of sp³-hybridized carbons (Fsp3) is 0.766. The molecule has 3 unspecified atom stereocenters. The molecule has 27 nitrogen and oxygen atoms in total. The molecule has 4 N–H and O–H groups in total. The highest BCUT2D eigenvalue weighted by molar-refractivity contribution is 8.01. The van der Waals surface area contributed by atoms with Crippen LogP contribution in [0.4, 0.5) is 19.2 Å². The van der Waals surface area contributed by atoms with Crippen molar-refractivity contribution in [1.82, 2.24) is 30.2 Å². The lowest BCUT2D eigenvalue weighted by Crippen LogP contribution is -3.00. The Balaban J connectivity index is 0.000000161. The lowest BCUT2D eigenvalue weighted by Gasteiger charge is -2.38. The van der Waals surface area contributed by atoms with Gasteiger partial charge in [0.05, 0.1) is 66.8 Å². The van der Waals surface area contributed by atoms with E-state index in [4.69, 9.17) is 48.1 Å². The van der Waals surface area contributed by atoms with Crippen LogP contribution in [0, 0.1) is 47.3 Å². The summed E-state index contributed by atoms with van der Waals surface area (Å²) in [6.07, 6.45) is 36.1. The van der Waals surface area contributed by atoms with Crippen molar-refractivity contribution >= 4 is 81.9 Å². The lowest BCUT2D eigenvalue weighted by atomic mass is 9.83. The van der Waals surface area contributed by atoms with Crippen molar-refractivity contribution in [2.45, 2.75) is 255 Å². The number of carbonyl (C=O) groups is 10. The van der Waals surface area contributed by atoms with Gasteiger partial charge in [-0.15, -0.1) is 4.21 Å². The van der Waals surface area contributed by atoms with Crippen LogP contribution in [0.5, 0.6) is 0 Å². The number of carboxylic acid groups (broad SMARTS) is 2. The molecular weight excluding hydrogens is 1540 g/mol. The number of aliphatic carboxylic acids is 2. The maximum Gasteiger partial charge on any atom is 0.414 e. The normalized spacial score (nSPS) is 34.3. The zero-order valence-electron chi connectivity index (χ0n) is 64.3. The molecule has 8 saturated carbocycles. The van der Waals surface area contributed by atoms with E-state index < -0.39 is 68.1 Å². The van der Waals surface area contributed by atoms with Crippen molar-refractivity contribution in [2.24, 2.45) is 47.3 Å². The molecule has 30 heteroatoms. The molecule has 5 saturated heterocycles. The smallest absolute Gasteiger partial charge is 0.414 e. The molecule has 8 aliphatic carbocycles. The van der Waals surface area contributed by atoms with E-state index in [2.05, 4.69) is 10.6 Å². The van der Waals surface area contributed by atoms with Gasteiger partial charge in [-0.25, -0.2) is 38.4 Å². The summed E-state index contributed by atoms with van der Waals surface area (Å²) in [7, 11) is 9.46. The zero-order valence-corrected chi connectivity index (χ0v) is 68.1. The molecule has 1 aromatic rings. The lowest BCUT2D eigenvalue weighted by molar-refractivity contribution is -0.148. The summed E-state index contributed by atoms with van der Waals surface area (Å²) in [5, 5.41) is 24.4. The van der Waals surface area contributed by atoms with Crippen molar-refractivity contribution in [2.75, 3.05) is 75.6 Å². The third kappa shape index (κ3) is 19.3. The second-order valence-corrected chi connectivity index (χ2v) is 36.3. The summed E-state index contributed by atoms with van der Waals surface area (Å²) in [4.78, 5) is 124. The second kappa shape index (κ2) is 38.3. The van der Waals surface area contributed by atoms with Crippen molar-refractivity contribution < 1.29 is 124 Å². The first-order valence-corrected chi connectivity index (χ1v) is 41.9. The van der Waals surface area contributed by atoms with Crippen LogP contribution in [0.1, 0.15) is 186 Å². The van der Waals surface area contributed by atoms with Crippen LogP contribution in [-0.4, -0.2) is 230 Å². The average molecular weight is 1650 g/mol. The average Bonchev–Trinajstić information content (AvgIpc) is 1.51. The van der Waals surface area contributed by atoms with E-state index in [9.17, 15) is 52.2 Å². The van der Waals surface area contributed by atoms with Crippen molar-refractivity contribution in [3.63, 3.8) is 0 Å². The summed E-state index contributed by atoms with van der Waals surface area (Å²) in [6, 6.07) is 10.4. The Labute approximate surface area is 652 Å². The quantitative estimate of drug-likeness (QED) is 0.0833. The number of hydrogen-bond acceptors (Lipinski definition) is 22. The molecule has 0 aromatic heterocycles. The van der Waals surface area contributed by atoms with Crippen LogP contribution >= 0.6 is 11.8 Å². The van der Waals surface area contributed by atoms with Crippen molar-refractivity contribution in [3.05, 3.63) is 42.1 Å². The summed E-state index contributed by atoms with van der Waals surface area (Å²) in [6.45, 7) is 0. The Morgan fingerprint density at radius 1 is 0.505 bits per heavy atom. The van der Waals surface area contributed by atoms with E-state index in [1.807, 2.05) is 36.4 Å². The molecule has 13 fully saturated rings. The van der Waals surface area contributed by atoms with E-state index in [-0.39, 0.29) is 90.0 Å². The summed E-state index contributed by atoms with van der Waals surface area (Å²) in [5.74, 6) is 0.762. The molecular formula is C77H117IN6O21S2. The number of hydrogen-bond donors (Lipinski definition) is 4. The molecule has 4 amide bonds. The maximum absolute atomic E-state index is 12.8. The highest BCUT2D eigenvalue weighted by Gasteiger charge is 2.76. The minimum absolute atomic E-state index is 0. The number of carboxylic acids is 2. The Hall–Kier alpha value is -5.99. The predicted molar refractivity (Wildman–Crippen MR) is 393 cm³/mol. The summed E-state index contributed by atoms with van der Waals surface area (Å²) < 4.78 is 49.2. The number of likely N-dealkylation sites (tertiary alicyclic amines) is 3. The topological polar surface area (TPSA) is 339 Å². The maximum atomic E-state index is 12.8. The molecule has 0 spiro atoms. The number of amides is 4. The number of esters is 4. The van der Waals surface area contributed by atoms with Gasteiger partial charge in [-0.3, -0.25) is 34.5 Å². The van der Waals surface area contributed by atoms with Gasteiger partial charge in [-0.05, 0) is 163 Å². The van der Waals surface area contributed by atoms with E-state index >= 15 is 0 Å². The third-order valence-electron chi connectivity index (χ3n) is 24.8. The SMILES string of the molecule is COC(=O)C1=C[C@@H]2CCCC[C@@H]2N1C(=O)OC.COC(=O)N1[C@H]2CCCC[C@H]2C2CC21C(=O)OC.COC(=O)N1[C@H]2CCCC[C@H]2CC1(Sc1ccccc1)C(=O)OC.COC(=O)[C@@H]1C[C@@H]2CCCC[C@@H]2N1C(=O)OC.C[S+](C)(C)=O.O=C(O)[C@@H]1C[C@@H]2CCCC[C@@H]2N1.O=C(O)[C@]12C[C@H]1[C@@H]1CCCC[C@@H]1N2.[I-]. The molecule has 19 atom stereocenters. The number of piperidine rings is 2. The van der Waals surface area contributed by atoms with Gasteiger partial charge in [-0.2, -0.15) is 0 Å². The van der Waals surface area contributed by atoms with Gasteiger partial charge < -0.3 is 77.4 Å². The number of nitrogens with zero attached hydrogens (tertiary/aromatic N) is 4. The molecule has 1 aromatic carbocycles. The number of fused-ring (bicyclic) bond motifs is 10. The number of benzene rings is 1. The Morgan fingerprint density at radius 3 is 1.59 bits per heavy atom. The number of carbonyl (C=O) groups excluding carboxylic acids is 8. The summed E-state index contributed by atoms with van der Waals surface area (Å²) >= 11 is 1.40. The van der Waals surface area contributed by atoms with Gasteiger partial charge in [-0.1, -0.05) is 107 Å². The monoisotopic (exact) mass is 1650 g/mol. The van der Waals surface area contributed by atoms with E-state index in [1.54, 1.807) is 33.5 Å². The van der Waals surface area contributed by atoms with Crippen molar-refractivity contribution in [1.29, 1.82) is 0 Å². The number of methoxy groups -OCH3 is 8. The molecule has 0 radical (unpaired) electrons. The number of thioether (sulfide) groups is 1. The molecule has 0 bridgehead atoms. The first kappa shape index (κ1) is 86.6. The van der Waals surface area contributed by atoms with Crippen LogP contribution in [-0.2, 0) is 80.8 Å². The zero-order chi connectivity index (χ0) is 77.0. The van der Waals surface area contributed by atoms with E-state index in [0.717, 1.165) is 114 Å². The second-order valence-electron chi connectivity index (χ2n) is 31.5. The van der Waals surface area contributed by atoms with Crippen molar-refractivity contribution in [3.8, 4) is 0 Å².